The van der Waals surface area contributed by atoms with E-state index in [1.165, 1.54) is 16.0 Å². The minimum Gasteiger partial charge on any atom is -0.494 e. The molecule has 0 saturated heterocycles. The molecule has 0 amide bonds. The number of para-hydroxylation sites is 1. The second-order valence-electron chi connectivity index (χ2n) is 7.47. The zero-order valence-electron chi connectivity index (χ0n) is 15.2. The van der Waals surface area contributed by atoms with Crippen molar-refractivity contribution in [2.45, 2.75) is 45.6 Å². The Hall–Kier alpha value is -2.07. The summed E-state index contributed by atoms with van der Waals surface area (Å²) in [6.07, 6.45) is 1.11. The minimum absolute atomic E-state index is 0.0744. The van der Waals surface area contributed by atoms with Gasteiger partial charge in [0.25, 0.3) is 0 Å². The maximum absolute atomic E-state index is 5.86. The van der Waals surface area contributed by atoms with Gasteiger partial charge in [-0.3, -0.25) is 0 Å². The van der Waals surface area contributed by atoms with Crippen molar-refractivity contribution in [1.82, 2.24) is 4.98 Å². The molecule has 0 fully saturated rings. The van der Waals surface area contributed by atoms with Crippen LogP contribution in [0.4, 0.5) is 5.69 Å². The van der Waals surface area contributed by atoms with Crippen molar-refractivity contribution in [1.29, 1.82) is 0 Å². The van der Waals surface area contributed by atoms with E-state index in [1.807, 2.05) is 13.0 Å². The zero-order valence-corrected chi connectivity index (χ0v) is 16.0. The molecule has 1 atom stereocenters. The molecule has 1 unspecified atom stereocenters. The molecule has 2 heterocycles. The number of nitrogens with zero attached hydrogens (tertiary/aromatic N) is 1. The van der Waals surface area contributed by atoms with Gasteiger partial charge in [0.15, 0.2) is 0 Å². The van der Waals surface area contributed by atoms with Crippen LogP contribution in [0.3, 0.4) is 0 Å². The van der Waals surface area contributed by atoms with Crippen LogP contribution in [0.1, 0.15) is 45.6 Å². The van der Waals surface area contributed by atoms with E-state index in [-0.39, 0.29) is 5.54 Å². The molecule has 130 valence electrons. The molecule has 0 bridgehead atoms. The fourth-order valence-corrected chi connectivity index (χ4v) is 4.82. The number of aromatic nitrogens is 1. The maximum atomic E-state index is 5.86. The summed E-state index contributed by atoms with van der Waals surface area (Å²) >= 11 is 1.74. The van der Waals surface area contributed by atoms with E-state index < -0.39 is 0 Å². The maximum Gasteiger partial charge on any atom is 0.126 e. The Kier molecular flexibility index (Phi) is 3.95. The van der Waals surface area contributed by atoms with Crippen LogP contribution in [0.15, 0.2) is 36.4 Å². The van der Waals surface area contributed by atoms with Crippen LogP contribution in [0.25, 0.3) is 20.8 Å². The smallest absolute Gasteiger partial charge is 0.126 e. The Bertz CT molecular complexity index is 896. The lowest BCUT2D eigenvalue weighted by Gasteiger charge is -2.38. The third kappa shape index (κ3) is 2.99. The second kappa shape index (κ2) is 6.03. The van der Waals surface area contributed by atoms with Gasteiger partial charge < -0.3 is 10.1 Å². The molecule has 3 nitrogen and oxygen atoms in total. The lowest BCUT2D eigenvalue weighted by Crippen LogP contribution is -2.36. The van der Waals surface area contributed by atoms with Crippen LogP contribution < -0.4 is 10.1 Å². The topological polar surface area (TPSA) is 34.1 Å². The van der Waals surface area contributed by atoms with Crippen LogP contribution in [-0.4, -0.2) is 17.1 Å². The SMILES string of the molecule is CCOc1cc(-c2nc3ccccc3s2)c2c(c1)C(C)CC(C)(C)N2. The summed E-state index contributed by atoms with van der Waals surface area (Å²) in [5, 5.41) is 4.81. The van der Waals surface area contributed by atoms with Crippen molar-refractivity contribution in [3.8, 4) is 16.3 Å². The third-order valence-corrected chi connectivity index (χ3v) is 5.86. The number of rotatable bonds is 3. The number of anilines is 1. The van der Waals surface area contributed by atoms with Crippen molar-refractivity contribution in [2.24, 2.45) is 0 Å². The molecule has 0 spiro atoms. The summed E-state index contributed by atoms with van der Waals surface area (Å²) in [5.74, 6) is 1.42. The summed E-state index contributed by atoms with van der Waals surface area (Å²) < 4.78 is 7.08. The Labute approximate surface area is 153 Å². The summed E-state index contributed by atoms with van der Waals surface area (Å²) in [6, 6.07) is 12.7. The van der Waals surface area contributed by atoms with Gasteiger partial charge in [0.05, 0.1) is 16.8 Å². The van der Waals surface area contributed by atoms with Crippen molar-refractivity contribution >= 4 is 27.2 Å². The summed E-state index contributed by atoms with van der Waals surface area (Å²) in [6.45, 7) is 9.54. The van der Waals surface area contributed by atoms with Crippen molar-refractivity contribution in [3.05, 3.63) is 42.0 Å². The molecule has 25 heavy (non-hydrogen) atoms. The highest BCUT2D eigenvalue weighted by atomic mass is 32.1. The van der Waals surface area contributed by atoms with E-state index in [0.717, 1.165) is 28.3 Å². The highest BCUT2D eigenvalue weighted by molar-refractivity contribution is 7.21. The first kappa shape index (κ1) is 16.4. The average Bonchev–Trinajstić information content (AvgIpc) is 2.98. The first-order chi connectivity index (χ1) is 12.0. The van der Waals surface area contributed by atoms with E-state index in [2.05, 4.69) is 56.4 Å². The minimum atomic E-state index is 0.0744. The van der Waals surface area contributed by atoms with E-state index in [1.54, 1.807) is 11.3 Å². The van der Waals surface area contributed by atoms with Gasteiger partial charge in [0, 0.05) is 16.8 Å². The van der Waals surface area contributed by atoms with Crippen LogP contribution in [0.5, 0.6) is 5.75 Å². The fraction of sp³-hybridized carbons (Fsp3) is 0.381. The molecule has 4 rings (SSSR count). The summed E-state index contributed by atoms with van der Waals surface area (Å²) in [4.78, 5) is 4.89. The second-order valence-corrected chi connectivity index (χ2v) is 8.50. The lowest BCUT2D eigenvalue weighted by atomic mass is 9.81. The van der Waals surface area contributed by atoms with Gasteiger partial charge in [-0.15, -0.1) is 11.3 Å². The molecule has 1 N–H and O–H groups in total. The number of nitrogens with one attached hydrogen (secondary N) is 1. The number of fused-ring (bicyclic) bond motifs is 2. The quantitative estimate of drug-likeness (QED) is 0.622. The monoisotopic (exact) mass is 352 g/mol. The third-order valence-electron chi connectivity index (χ3n) is 4.79. The van der Waals surface area contributed by atoms with Crippen LogP contribution in [0.2, 0.25) is 0 Å². The van der Waals surface area contributed by atoms with E-state index in [4.69, 9.17) is 9.72 Å². The van der Waals surface area contributed by atoms with Crippen molar-refractivity contribution in [2.75, 3.05) is 11.9 Å². The number of hydrogen-bond donors (Lipinski definition) is 1. The molecule has 0 radical (unpaired) electrons. The summed E-state index contributed by atoms with van der Waals surface area (Å²) in [7, 11) is 0. The first-order valence-corrected chi connectivity index (χ1v) is 9.73. The van der Waals surface area contributed by atoms with Gasteiger partial charge in [0.1, 0.15) is 10.8 Å². The number of benzene rings is 2. The first-order valence-electron chi connectivity index (χ1n) is 8.92. The van der Waals surface area contributed by atoms with Crippen LogP contribution in [-0.2, 0) is 0 Å². The van der Waals surface area contributed by atoms with Gasteiger partial charge >= 0.3 is 0 Å². The van der Waals surface area contributed by atoms with Crippen molar-refractivity contribution < 1.29 is 4.74 Å². The Morgan fingerprint density at radius 3 is 2.84 bits per heavy atom. The van der Waals surface area contributed by atoms with Crippen LogP contribution >= 0.6 is 11.3 Å². The summed E-state index contributed by atoms with van der Waals surface area (Å²) in [5.41, 5.74) is 4.83. The van der Waals surface area contributed by atoms with Crippen LogP contribution in [0, 0.1) is 0 Å². The molecule has 0 saturated carbocycles. The van der Waals surface area contributed by atoms with E-state index in [9.17, 15) is 0 Å². The Morgan fingerprint density at radius 2 is 2.08 bits per heavy atom. The normalized spacial score (nSPS) is 18.6. The van der Waals surface area contributed by atoms with Gasteiger partial charge in [-0.2, -0.15) is 0 Å². The number of hydrogen-bond acceptors (Lipinski definition) is 4. The molecular weight excluding hydrogens is 328 g/mol. The van der Waals surface area contributed by atoms with E-state index >= 15 is 0 Å². The molecule has 3 aromatic rings. The molecule has 2 aromatic carbocycles. The fourth-order valence-electron chi connectivity index (χ4n) is 3.84. The van der Waals surface area contributed by atoms with Crippen molar-refractivity contribution in [3.63, 3.8) is 0 Å². The lowest BCUT2D eigenvalue weighted by molar-refractivity contribution is 0.339. The molecule has 1 aliphatic rings. The molecular formula is C21H24N2OS. The van der Waals surface area contributed by atoms with E-state index in [0.29, 0.717) is 12.5 Å². The molecule has 1 aliphatic heterocycles. The van der Waals surface area contributed by atoms with Gasteiger partial charge in [0.2, 0.25) is 0 Å². The van der Waals surface area contributed by atoms with Gasteiger partial charge in [-0.05, 0) is 62.9 Å². The number of thiazole rings is 1. The predicted molar refractivity (Wildman–Crippen MR) is 107 cm³/mol. The standard InChI is InChI=1S/C21H24N2OS/c1-5-24-14-10-15-13(2)12-21(3,4)23-19(15)16(11-14)20-22-17-8-6-7-9-18(17)25-20/h6-11,13,23H,5,12H2,1-4H3. The highest BCUT2D eigenvalue weighted by Gasteiger charge is 2.32. The zero-order chi connectivity index (χ0) is 17.6. The van der Waals surface area contributed by atoms with Gasteiger partial charge in [-0.1, -0.05) is 19.1 Å². The largest absolute Gasteiger partial charge is 0.494 e. The Balaban J connectivity index is 1.93. The highest BCUT2D eigenvalue weighted by Crippen LogP contribution is 2.47. The predicted octanol–water partition coefficient (Wildman–Crippen LogP) is 6.06. The van der Waals surface area contributed by atoms with Gasteiger partial charge in [-0.25, -0.2) is 4.98 Å². The molecule has 0 aliphatic carbocycles. The molecule has 4 heteroatoms. The Morgan fingerprint density at radius 1 is 1.28 bits per heavy atom. The molecule has 1 aromatic heterocycles. The number of ether oxygens (including phenoxy) is 1. The average molecular weight is 353 g/mol.